The Bertz CT molecular complexity index is 803. The molecule has 5 nitrogen and oxygen atoms in total. The third-order valence-electron chi connectivity index (χ3n) is 3.23. The van der Waals surface area contributed by atoms with E-state index < -0.39 is 17.6 Å². The van der Waals surface area contributed by atoms with Gasteiger partial charge < -0.3 is 9.47 Å². The van der Waals surface area contributed by atoms with E-state index in [0.717, 1.165) is 18.3 Å². The number of rotatable bonds is 3. The van der Waals surface area contributed by atoms with Gasteiger partial charge in [-0.2, -0.15) is 18.3 Å². The van der Waals surface area contributed by atoms with Crippen LogP contribution in [0, 0.1) is 0 Å². The molecule has 0 aliphatic carbocycles. The largest absolute Gasteiger partial charge is 0.454 e. The van der Waals surface area contributed by atoms with E-state index in [9.17, 15) is 18.0 Å². The lowest BCUT2D eigenvalue weighted by Gasteiger charge is -2.06. The van der Waals surface area contributed by atoms with Crippen molar-refractivity contribution < 1.29 is 27.4 Å². The monoisotopic (exact) mass is 336 g/mol. The number of hydrogen-bond donors (Lipinski definition) is 1. The van der Waals surface area contributed by atoms with E-state index in [1.54, 1.807) is 6.07 Å². The molecule has 0 saturated heterocycles. The number of amides is 1. The minimum absolute atomic E-state index is 0.0914. The lowest BCUT2D eigenvalue weighted by molar-refractivity contribution is -0.137. The third-order valence-corrected chi connectivity index (χ3v) is 3.23. The van der Waals surface area contributed by atoms with Gasteiger partial charge in [0.25, 0.3) is 5.91 Å². The Morgan fingerprint density at radius 3 is 2.71 bits per heavy atom. The molecule has 0 bridgehead atoms. The Hall–Kier alpha value is -3.03. The number of nitrogens with one attached hydrogen (secondary N) is 1. The van der Waals surface area contributed by atoms with E-state index in [1.807, 2.05) is 0 Å². The molecule has 1 aliphatic rings. The first-order chi connectivity index (χ1) is 11.4. The molecule has 1 amide bonds. The molecule has 24 heavy (non-hydrogen) atoms. The molecule has 8 heteroatoms. The van der Waals surface area contributed by atoms with Crippen molar-refractivity contribution in [1.82, 2.24) is 5.43 Å². The molecule has 1 N–H and O–H groups in total. The second kappa shape index (κ2) is 6.23. The highest BCUT2D eigenvalue weighted by Crippen LogP contribution is 2.32. The molecule has 0 saturated carbocycles. The van der Waals surface area contributed by atoms with Crippen LogP contribution in [0.3, 0.4) is 0 Å². The van der Waals surface area contributed by atoms with Crippen molar-refractivity contribution in [2.75, 3.05) is 6.79 Å². The Balaban J connectivity index is 1.67. The maximum Gasteiger partial charge on any atom is 0.416 e. The lowest BCUT2D eigenvalue weighted by atomic mass is 10.1. The summed E-state index contributed by atoms with van der Waals surface area (Å²) in [5, 5.41) is 3.67. The highest BCUT2D eigenvalue weighted by atomic mass is 19.4. The third kappa shape index (κ3) is 3.48. The van der Waals surface area contributed by atoms with Crippen molar-refractivity contribution in [1.29, 1.82) is 0 Å². The van der Waals surface area contributed by atoms with Crippen LogP contribution in [-0.4, -0.2) is 18.9 Å². The first kappa shape index (κ1) is 15.9. The SMILES string of the molecule is O=C(NN=Cc1cccc(C(F)(F)F)c1)c1ccc2c(c1)OCO2. The summed E-state index contributed by atoms with van der Waals surface area (Å²) in [6.07, 6.45) is -3.29. The van der Waals surface area contributed by atoms with Gasteiger partial charge in [-0.15, -0.1) is 0 Å². The Labute approximate surface area is 134 Å². The van der Waals surface area contributed by atoms with E-state index in [0.29, 0.717) is 17.1 Å². The topological polar surface area (TPSA) is 59.9 Å². The standard InChI is InChI=1S/C16H11F3N2O3/c17-16(18,19)12-3-1-2-10(6-12)8-20-21-15(22)11-4-5-13-14(7-11)24-9-23-13/h1-8H,9H2,(H,21,22). The molecule has 1 heterocycles. The summed E-state index contributed by atoms with van der Waals surface area (Å²) in [6.45, 7) is 0.0914. The number of hydrogen-bond acceptors (Lipinski definition) is 4. The maximum absolute atomic E-state index is 12.6. The van der Waals surface area contributed by atoms with Crippen molar-refractivity contribution >= 4 is 12.1 Å². The molecule has 3 rings (SSSR count). The van der Waals surface area contributed by atoms with Crippen molar-refractivity contribution in [3.63, 3.8) is 0 Å². The van der Waals surface area contributed by atoms with Crippen LogP contribution in [0.4, 0.5) is 13.2 Å². The van der Waals surface area contributed by atoms with Gasteiger partial charge in [0.2, 0.25) is 6.79 Å². The summed E-state index contributed by atoms with van der Waals surface area (Å²) in [6, 6.07) is 9.24. The van der Waals surface area contributed by atoms with Crippen LogP contribution in [0.1, 0.15) is 21.5 Å². The summed E-state index contributed by atoms with van der Waals surface area (Å²) >= 11 is 0. The minimum atomic E-state index is -4.43. The van der Waals surface area contributed by atoms with Crippen LogP contribution in [0.25, 0.3) is 0 Å². The van der Waals surface area contributed by atoms with Crippen LogP contribution < -0.4 is 14.9 Å². The maximum atomic E-state index is 12.6. The minimum Gasteiger partial charge on any atom is -0.454 e. The number of hydrazone groups is 1. The quantitative estimate of drug-likeness (QED) is 0.692. The summed E-state index contributed by atoms with van der Waals surface area (Å²) in [5.41, 5.74) is 1.98. The predicted octanol–water partition coefficient (Wildman–Crippen LogP) is 3.20. The summed E-state index contributed by atoms with van der Waals surface area (Å²) in [5.74, 6) is 0.472. The van der Waals surface area contributed by atoms with Crippen molar-refractivity contribution in [2.24, 2.45) is 5.10 Å². The highest BCUT2D eigenvalue weighted by Gasteiger charge is 2.30. The molecule has 1 aliphatic heterocycles. The van der Waals surface area contributed by atoms with E-state index in [4.69, 9.17) is 9.47 Å². The normalized spacial score (nSPS) is 13.3. The number of alkyl halides is 3. The van der Waals surface area contributed by atoms with E-state index in [1.165, 1.54) is 24.3 Å². The Morgan fingerprint density at radius 1 is 1.12 bits per heavy atom. The number of fused-ring (bicyclic) bond motifs is 1. The molecule has 0 fully saturated rings. The summed E-state index contributed by atoms with van der Waals surface area (Å²) in [4.78, 5) is 12.0. The molecule has 2 aromatic carbocycles. The Morgan fingerprint density at radius 2 is 1.92 bits per heavy atom. The van der Waals surface area contributed by atoms with Crippen molar-refractivity contribution in [3.05, 3.63) is 59.2 Å². The average molecular weight is 336 g/mol. The summed E-state index contributed by atoms with van der Waals surface area (Å²) in [7, 11) is 0. The average Bonchev–Trinajstić information content (AvgIpc) is 3.02. The number of ether oxygens (including phenoxy) is 2. The zero-order chi connectivity index (χ0) is 17.2. The van der Waals surface area contributed by atoms with Crippen LogP contribution in [0.15, 0.2) is 47.6 Å². The van der Waals surface area contributed by atoms with Crippen LogP contribution in [0.2, 0.25) is 0 Å². The van der Waals surface area contributed by atoms with Crippen LogP contribution >= 0.6 is 0 Å². The molecule has 124 valence electrons. The van der Waals surface area contributed by atoms with Gasteiger partial charge in [0.05, 0.1) is 11.8 Å². The van der Waals surface area contributed by atoms with Gasteiger partial charge in [-0.3, -0.25) is 4.79 Å². The smallest absolute Gasteiger partial charge is 0.416 e. The van der Waals surface area contributed by atoms with Crippen LogP contribution in [-0.2, 0) is 6.18 Å². The molecule has 0 atom stereocenters. The van der Waals surface area contributed by atoms with Gasteiger partial charge in [-0.25, -0.2) is 5.43 Å². The van der Waals surface area contributed by atoms with Crippen molar-refractivity contribution in [2.45, 2.75) is 6.18 Å². The number of carbonyl (C=O) groups excluding carboxylic acids is 1. The second-order valence-electron chi connectivity index (χ2n) is 4.89. The first-order valence-corrected chi connectivity index (χ1v) is 6.84. The highest BCUT2D eigenvalue weighted by molar-refractivity contribution is 5.95. The fourth-order valence-electron chi connectivity index (χ4n) is 2.06. The zero-order valence-electron chi connectivity index (χ0n) is 12.1. The molecule has 2 aromatic rings. The number of halogens is 3. The molecular formula is C16H11F3N2O3. The van der Waals surface area contributed by atoms with Crippen LogP contribution in [0.5, 0.6) is 11.5 Å². The van der Waals surface area contributed by atoms with E-state index in [-0.39, 0.29) is 12.4 Å². The first-order valence-electron chi connectivity index (χ1n) is 6.84. The molecular weight excluding hydrogens is 325 g/mol. The molecule has 0 spiro atoms. The number of benzene rings is 2. The molecule has 0 radical (unpaired) electrons. The van der Waals surface area contributed by atoms with Gasteiger partial charge in [0, 0.05) is 5.56 Å². The summed E-state index contributed by atoms with van der Waals surface area (Å²) < 4.78 is 48.1. The van der Waals surface area contributed by atoms with Gasteiger partial charge in [-0.1, -0.05) is 12.1 Å². The fraction of sp³-hybridized carbons (Fsp3) is 0.125. The fourth-order valence-corrected chi connectivity index (χ4v) is 2.06. The van der Waals surface area contributed by atoms with Gasteiger partial charge in [0.1, 0.15) is 0 Å². The van der Waals surface area contributed by atoms with Gasteiger partial charge in [0.15, 0.2) is 11.5 Å². The zero-order valence-corrected chi connectivity index (χ0v) is 12.1. The molecule has 0 unspecified atom stereocenters. The molecule has 0 aromatic heterocycles. The van der Waals surface area contributed by atoms with E-state index >= 15 is 0 Å². The van der Waals surface area contributed by atoms with Crippen molar-refractivity contribution in [3.8, 4) is 11.5 Å². The van der Waals surface area contributed by atoms with Gasteiger partial charge >= 0.3 is 6.18 Å². The predicted molar refractivity (Wildman–Crippen MR) is 79.1 cm³/mol. The lowest BCUT2D eigenvalue weighted by Crippen LogP contribution is -2.17. The Kier molecular flexibility index (Phi) is 4.11. The number of carbonyl (C=O) groups is 1. The van der Waals surface area contributed by atoms with Gasteiger partial charge in [-0.05, 0) is 35.9 Å². The second-order valence-corrected chi connectivity index (χ2v) is 4.89. The number of nitrogens with zero attached hydrogens (tertiary/aromatic N) is 1. The van der Waals surface area contributed by atoms with E-state index in [2.05, 4.69) is 10.5 Å².